The average Bonchev–Trinajstić information content (AvgIpc) is 2.57. The highest BCUT2D eigenvalue weighted by Gasteiger charge is 2.22. The van der Waals surface area contributed by atoms with Gasteiger partial charge in [0.25, 0.3) is 0 Å². The summed E-state index contributed by atoms with van der Waals surface area (Å²) in [4.78, 5) is 23.6. The van der Waals surface area contributed by atoms with E-state index in [0.717, 1.165) is 24.8 Å². The summed E-state index contributed by atoms with van der Waals surface area (Å²) in [6.07, 6.45) is 5.11. The van der Waals surface area contributed by atoms with Gasteiger partial charge in [0, 0.05) is 12.6 Å². The molecule has 1 fully saturated rings. The van der Waals surface area contributed by atoms with Crippen LogP contribution in [0.3, 0.4) is 0 Å². The largest absolute Gasteiger partial charge is 0.354 e. The second-order valence-corrected chi connectivity index (χ2v) is 6.42. The van der Waals surface area contributed by atoms with Gasteiger partial charge in [0.1, 0.15) is 5.82 Å². The van der Waals surface area contributed by atoms with Crippen molar-refractivity contribution >= 4 is 11.9 Å². The highest BCUT2D eigenvalue weighted by Crippen LogP contribution is 2.23. The molecule has 0 bridgehead atoms. The lowest BCUT2D eigenvalue weighted by Crippen LogP contribution is -2.48. The molecule has 3 amide bonds. The van der Waals surface area contributed by atoms with E-state index in [-0.39, 0.29) is 30.3 Å². The van der Waals surface area contributed by atoms with Gasteiger partial charge in [0.2, 0.25) is 5.91 Å². The van der Waals surface area contributed by atoms with Gasteiger partial charge in [-0.1, -0.05) is 31.9 Å². The number of rotatable bonds is 6. The SMILES string of the molecule is CC1CCCCC1NC(=O)NCC(=O)NCCc1ccc(F)cc1. The molecule has 6 heteroatoms. The van der Waals surface area contributed by atoms with E-state index in [4.69, 9.17) is 0 Å². The Morgan fingerprint density at radius 3 is 2.54 bits per heavy atom. The summed E-state index contributed by atoms with van der Waals surface area (Å²) in [7, 11) is 0. The summed E-state index contributed by atoms with van der Waals surface area (Å²) >= 11 is 0. The van der Waals surface area contributed by atoms with Crippen molar-refractivity contribution in [2.75, 3.05) is 13.1 Å². The number of urea groups is 1. The normalized spacial score (nSPS) is 20.2. The van der Waals surface area contributed by atoms with Crippen molar-refractivity contribution in [2.24, 2.45) is 5.92 Å². The molecule has 0 saturated heterocycles. The van der Waals surface area contributed by atoms with E-state index in [9.17, 15) is 14.0 Å². The van der Waals surface area contributed by atoms with E-state index in [1.165, 1.54) is 18.6 Å². The van der Waals surface area contributed by atoms with Gasteiger partial charge in [-0.2, -0.15) is 0 Å². The number of hydrogen-bond donors (Lipinski definition) is 3. The van der Waals surface area contributed by atoms with Crippen LogP contribution in [-0.4, -0.2) is 31.1 Å². The number of carbonyl (C=O) groups is 2. The molecule has 1 saturated carbocycles. The molecule has 1 aromatic rings. The number of carbonyl (C=O) groups excluding carboxylic acids is 2. The Balaban J connectivity index is 1.60. The highest BCUT2D eigenvalue weighted by atomic mass is 19.1. The smallest absolute Gasteiger partial charge is 0.315 e. The second-order valence-electron chi connectivity index (χ2n) is 6.42. The summed E-state index contributed by atoms with van der Waals surface area (Å²) in [5, 5.41) is 8.28. The van der Waals surface area contributed by atoms with E-state index in [1.807, 2.05) is 0 Å². The fourth-order valence-electron chi connectivity index (χ4n) is 2.97. The van der Waals surface area contributed by atoms with Crippen molar-refractivity contribution < 1.29 is 14.0 Å². The Bertz CT molecular complexity index is 548. The van der Waals surface area contributed by atoms with Gasteiger partial charge in [0.15, 0.2) is 0 Å². The van der Waals surface area contributed by atoms with E-state index >= 15 is 0 Å². The Morgan fingerprint density at radius 1 is 1.12 bits per heavy atom. The predicted octanol–water partition coefficient (Wildman–Crippen LogP) is 2.36. The van der Waals surface area contributed by atoms with Gasteiger partial charge in [-0.05, 0) is 42.9 Å². The first-order valence-electron chi connectivity index (χ1n) is 8.60. The van der Waals surface area contributed by atoms with Gasteiger partial charge in [-0.15, -0.1) is 0 Å². The van der Waals surface area contributed by atoms with Crippen molar-refractivity contribution in [3.8, 4) is 0 Å². The van der Waals surface area contributed by atoms with E-state index in [2.05, 4.69) is 22.9 Å². The van der Waals surface area contributed by atoms with Gasteiger partial charge in [0.05, 0.1) is 6.54 Å². The summed E-state index contributed by atoms with van der Waals surface area (Å²) in [5.74, 6) is -0.0247. The molecule has 2 atom stereocenters. The Morgan fingerprint density at radius 2 is 1.83 bits per heavy atom. The lowest BCUT2D eigenvalue weighted by atomic mass is 9.86. The van der Waals surface area contributed by atoms with Crippen LogP contribution in [0.2, 0.25) is 0 Å². The molecule has 132 valence electrons. The van der Waals surface area contributed by atoms with Gasteiger partial charge >= 0.3 is 6.03 Å². The fourth-order valence-corrected chi connectivity index (χ4v) is 2.97. The van der Waals surface area contributed by atoms with Crippen LogP contribution in [0.4, 0.5) is 9.18 Å². The third kappa shape index (κ3) is 6.18. The molecule has 2 unspecified atom stereocenters. The van der Waals surface area contributed by atoms with Crippen LogP contribution in [0.1, 0.15) is 38.2 Å². The minimum atomic E-state index is -0.289. The highest BCUT2D eigenvalue weighted by molar-refractivity contribution is 5.83. The molecule has 1 aromatic carbocycles. The first-order valence-corrected chi connectivity index (χ1v) is 8.60. The molecule has 1 aliphatic rings. The van der Waals surface area contributed by atoms with Crippen LogP contribution < -0.4 is 16.0 Å². The molecule has 0 aliphatic heterocycles. The summed E-state index contributed by atoms with van der Waals surface area (Å²) in [6.45, 7) is 2.55. The van der Waals surface area contributed by atoms with Crippen molar-refractivity contribution in [1.82, 2.24) is 16.0 Å². The van der Waals surface area contributed by atoms with E-state index in [1.54, 1.807) is 12.1 Å². The van der Waals surface area contributed by atoms with Crippen LogP contribution >= 0.6 is 0 Å². The molecule has 0 radical (unpaired) electrons. The van der Waals surface area contributed by atoms with Gasteiger partial charge < -0.3 is 16.0 Å². The van der Waals surface area contributed by atoms with E-state index in [0.29, 0.717) is 18.9 Å². The molecular weight excluding hydrogens is 309 g/mol. The zero-order valence-electron chi connectivity index (χ0n) is 14.1. The maximum Gasteiger partial charge on any atom is 0.315 e. The molecule has 24 heavy (non-hydrogen) atoms. The summed E-state index contributed by atoms with van der Waals surface area (Å²) < 4.78 is 12.8. The average molecular weight is 335 g/mol. The third-order valence-electron chi connectivity index (χ3n) is 4.49. The standard InChI is InChI=1S/C18H26FN3O2/c1-13-4-2-3-5-16(13)22-18(24)21-12-17(23)20-11-10-14-6-8-15(19)9-7-14/h6-9,13,16H,2-5,10-12H2,1H3,(H,20,23)(H2,21,22,24). The fraction of sp³-hybridized carbons (Fsp3) is 0.556. The molecule has 5 nitrogen and oxygen atoms in total. The number of benzene rings is 1. The lowest BCUT2D eigenvalue weighted by molar-refractivity contribution is -0.120. The first kappa shape index (κ1) is 18.2. The van der Waals surface area contributed by atoms with Crippen LogP contribution in [0, 0.1) is 11.7 Å². The van der Waals surface area contributed by atoms with Gasteiger partial charge in [-0.3, -0.25) is 4.79 Å². The monoisotopic (exact) mass is 335 g/mol. The second kappa shape index (κ2) is 9.25. The topological polar surface area (TPSA) is 70.2 Å². The first-order chi connectivity index (χ1) is 11.5. The molecule has 0 aromatic heterocycles. The number of hydrogen-bond acceptors (Lipinski definition) is 2. The molecule has 1 aliphatic carbocycles. The Labute approximate surface area is 142 Å². The molecular formula is C18H26FN3O2. The molecule has 2 rings (SSSR count). The van der Waals surface area contributed by atoms with Crippen LogP contribution in [0.5, 0.6) is 0 Å². The zero-order chi connectivity index (χ0) is 17.4. The minimum absolute atomic E-state index is 0.0453. The van der Waals surface area contributed by atoms with E-state index < -0.39 is 0 Å². The van der Waals surface area contributed by atoms with Crippen molar-refractivity contribution in [3.05, 3.63) is 35.6 Å². The quantitative estimate of drug-likeness (QED) is 0.747. The summed E-state index contributed by atoms with van der Waals surface area (Å²) in [5.41, 5.74) is 0.952. The molecule has 0 spiro atoms. The number of halogens is 1. The maximum atomic E-state index is 12.8. The lowest BCUT2D eigenvalue weighted by Gasteiger charge is -2.29. The number of amides is 3. The third-order valence-corrected chi connectivity index (χ3v) is 4.49. The van der Waals surface area contributed by atoms with Crippen LogP contribution in [0.15, 0.2) is 24.3 Å². The summed E-state index contributed by atoms with van der Waals surface area (Å²) in [6, 6.07) is 6.09. The zero-order valence-corrected chi connectivity index (χ0v) is 14.1. The Kier molecular flexibility index (Phi) is 7.03. The van der Waals surface area contributed by atoms with Crippen LogP contribution in [0.25, 0.3) is 0 Å². The Hall–Kier alpha value is -2.11. The van der Waals surface area contributed by atoms with Crippen molar-refractivity contribution in [1.29, 1.82) is 0 Å². The predicted molar refractivity (Wildman–Crippen MR) is 91.1 cm³/mol. The van der Waals surface area contributed by atoms with Crippen LogP contribution in [-0.2, 0) is 11.2 Å². The van der Waals surface area contributed by atoms with Crippen molar-refractivity contribution in [2.45, 2.75) is 45.1 Å². The van der Waals surface area contributed by atoms with Crippen molar-refractivity contribution in [3.63, 3.8) is 0 Å². The molecule has 3 N–H and O–H groups in total. The maximum absolute atomic E-state index is 12.8. The number of nitrogens with one attached hydrogen (secondary N) is 3. The minimum Gasteiger partial charge on any atom is -0.354 e. The molecule has 0 heterocycles. The van der Waals surface area contributed by atoms with Gasteiger partial charge in [-0.25, -0.2) is 9.18 Å².